The van der Waals surface area contributed by atoms with Gasteiger partial charge in [0.2, 0.25) is 5.82 Å². The van der Waals surface area contributed by atoms with E-state index in [1.807, 2.05) is 0 Å². The smallest absolute Gasteiger partial charge is 0.400 e. The molecule has 2 aromatic carbocycles. The average Bonchev–Trinajstić information content (AvgIpc) is 3.44. The Bertz CT molecular complexity index is 1220. The summed E-state index contributed by atoms with van der Waals surface area (Å²) in [4.78, 5) is 15.8. The van der Waals surface area contributed by atoms with Crippen molar-refractivity contribution in [3.8, 4) is 11.4 Å². The van der Waals surface area contributed by atoms with E-state index in [9.17, 15) is 18.0 Å². The summed E-state index contributed by atoms with van der Waals surface area (Å²) in [6.45, 7) is 0.363. The van der Waals surface area contributed by atoms with Crippen LogP contribution >= 0.6 is 11.6 Å². The minimum absolute atomic E-state index is 0.0131. The van der Waals surface area contributed by atoms with Gasteiger partial charge in [-0.05, 0) is 34.9 Å². The van der Waals surface area contributed by atoms with Gasteiger partial charge in [0, 0.05) is 11.8 Å². The van der Waals surface area contributed by atoms with E-state index in [4.69, 9.17) is 16.3 Å². The van der Waals surface area contributed by atoms with Gasteiger partial charge in [0.15, 0.2) is 0 Å². The quantitative estimate of drug-likeness (QED) is 0.291. The first kappa shape index (κ1) is 21.6. The van der Waals surface area contributed by atoms with E-state index < -0.39 is 17.2 Å². The minimum Gasteiger partial charge on any atom is -0.457 e. The van der Waals surface area contributed by atoms with Gasteiger partial charge in [-0.25, -0.2) is 9.18 Å². The molecule has 2 heterocycles. The van der Waals surface area contributed by atoms with Crippen LogP contribution in [0.1, 0.15) is 27.4 Å². The van der Waals surface area contributed by atoms with Crippen LogP contribution in [-0.2, 0) is 23.3 Å². The largest absolute Gasteiger partial charge is 0.457 e. The van der Waals surface area contributed by atoms with Gasteiger partial charge in [0.1, 0.15) is 12.4 Å². The molecule has 0 radical (unpaired) electrons. The highest BCUT2D eigenvalue weighted by atomic mass is 35.5. The average molecular weight is 463 g/mol. The summed E-state index contributed by atoms with van der Waals surface area (Å²) in [5.74, 6) is -1.92. The summed E-state index contributed by atoms with van der Waals surface area (Å²) in [5, 5.41) is 3.90. The molecule has 32 heavy (non-hydrogen) atoms. The number of esters is 1. The van der Waals surface area contributed by atoms with E-state index in [1.165, 1.54) is 36.7 Å². The Morgan fingerprint density at radius 2 is 1.78 bits per heavy atom. The summed E-state index contributed by atoms with van der Waals surface area (Å²) in [6.07, 6.45) is 2.92. The molecule has 0 N–H and O–H groups in total. The van der Waals surface area contributed by atoms with Crippen LogP contribution < -0.4 is 0 Å². The van der Waals surface area contributed by atoms with Gasteiger partial charge in [-0.3, -0.25) is 4.68 Å². The van der Waals surface area contributed by atoms with E-state index >= 15 is 0 Å². The molecule has 11 heteroatoms. The number of rotatable bonds is 7. The maximum atomic E-state index is 13.0. The SMILES string of the molecule is O=C(OCc1ccc(F)cc1)c1cnn(Cc2ccc(-c3noc(C(F)(F)Cl)n3)cc2)c1. The van der Waals surface area contributed by atoms with E-state index in [0.717, 1.165) is 5.56 Å². The van der Waals surface area contributed by atoms with Crippen LogP contribution in [0.25, 0.3) is 11.4 Å². The Morgan fingerprint density at radius 1 is 1.09 bits per heavy atom. The number of benzene rings is 2. The van der Waals surface area contributed by atoms with E-state index in [2.05, 4.69) is 19.8 Å². The first-order valence-electron chi connectivity index (χ1n) is 9.22. The topological polar surface area (TPSA) is 83.0 Å². The van der Waals surface area contributed by atoms with Crippen LogP contribution in [0.5, 0.6) is 0 Å². The highest BCUT2D eigenvalue weighted by molar-refractivity contribution is 6.21. The summed E-state index contributed by atoms with van der Waals surface area (Å²) in [6, 6.07) is 12.4. The first-order chi connectivity index (χ1) is 15.3. The van der Waals surface area contributed by atoms with Gasteiger partial charge in [-0.2, -0.15) is 18.9 Å². The lowest BCUT2D eigenvalue weighted by Gasteiger charge is -2.04. The summed E-state index contributed by atoms with van der Waals surface area (Å²) in [5.41, 5.74) is 2.23. The van der Waals surface area contributed by atoms with Crippen molar-refractivity contribution in [2.75, 3.05) is 0 Å². The third-order valence-corrected chi connectivity index (χ3v) is 4.54. The van der Waals surface area contributed by atoms with Crippen molar-refractivity contribution >= 4 is 17.6 Å². The number of hydrogen-bond donors (Lipinski definition) is 0. The van der Waals surface area contributed by atoms with Crippen molar-refractivity contribution < 1.29 is 27.2 Å². The number of alkyl halides is 3. The van der Waals surface area contributed by atoms with Gasteiger partial charge in [0.25, 0.3) is 0 Å². The predicted molar refractivity (Wildman–Crippen MR) is 106 cm³/mol. The lowest BCUT2D eigenvalue weighted by Crippen LogP contribution is -2.05. The fourth-order valence-electron chi connectivity index (χ4n) is 2.77. The molecule has 0 saturated carbocycles. The van der Waals surface area contributed by atoms with Gasteiger partial charge in [0.05, 0.1) is 18.3 Å². The van der Waals surface area contributed by atoms with Crippen molar-refractivity contribution in [2.45, 2.75) is 18.5 Å². The van der Waals surface area contributed by atoms with Crippen molar-refractivity contribution in [1.29, 1.82) is 0 Å². The molecule has 0 unspecified atom stereocenters. The number of aromatic nitrogens is 4. The Labute approximate surface area is 184 Å². The van der Waals surface area contributed by atoms with Crippen LogP contribution in [-0.4, -0.2) is 25.9 Å². The molecular formula is C21H14ClF3N4O3. The molecule has 0 saturated heterocycles. The predicted octanol–water partition coefficient (Wildman–Crippen LogP) is 4.77. The molecule has 0 bridgehead atoms. The lowest BCUT2D eigenvalue weighted by atomic mass is 10.1. The van der Waals surface area contributed by atoms with E-state index in [1.54, 1.807) is 28.9 Å². The molecule has 0 spiro atoms. The molecular weight excluding hydrogens is 449 g/mol. The molecule has 0 atom stereocenters. The summed E-state index contributed by atoms with van der Waals surface area (Å²) >= 11 is 4.87. The molecule has 0 fully saturated rings. The minimum atomic E-state index is -3.73. The van der Waals surface area contributed by atoms with Crippen LogP contribution in [0.3, 0.4) is 0 Å². The summed E-state index contributed by atoms with van der Waals surface area (Å²) < 4.78 is 50.2. The molecule has 4 rings (SSSR count). The van der Waals surface area contributed by atoms with Gasteiger partial charge >= 0.3 is 17.2 Å². The number of carbonyl (C=O) groups excluding carboxylic acids is 1. The highest BCUT2D eigenvalue weighted by Gasteiger charge is 2.35. The molecule has 4 aromatic rings. The Balaban J connectivity index is 1.36. The van der Waals surface area contributed by atoms with Crippen molar-refractivity contribution in [2.24, 2.45) is 0 Å². The molecule has 0 amide bonds. The standard InChI is InChI=1S/C21H14ClF3N4O3/c22-21(24,25)20-27-18(28-32-20)15-5-1-13(2-6-15)10-29-11-16(9-26-29)19(30)31-12-14-3-7-17(23)8-4-14/h1-9,11H,10,12H2. The summed E-state index contributed by atoms with van der Waals surface area (Å²) in [7, 11) is 0. The zero-order valence-corrected chi connectivity index (χ0v) is 17.0. The van der Waals surface area contributed by atoms with Gasteiger partial charge in [-0.1, -0.05) is 41.6 Å². The number of halogens is 4. The van der Waals surface area contributed by atoms with Crippen molar-refractivity contribution in [1.82, 2.24) is 19.9 Å². The first-order valence-corrected chi connectivity index (χ1v) is 9.60. The monoisotopic (exact) mass is 462 g/mol. The van der Waals surface area contributed by atoms with Crippen LogP contribution in [0, 0.1) is 5.82 Å². The number of nitrogens with zero attached hydrogens (tertiary/aromatic N) is 4. The lowest BCUT2D eigenvalue weighted by molar-refractivity contribution is 0.0472. The maximum Gasteiger partial charge on any atom is 0.400 e. The molecule has 0 aliphatic carbocycles. The number of carbonyl (C=O) groups is 1. The second-order valence-corrected chi connectivity index (χ2v) is 7.22. The third kappa shape index (κ3) is 5.14. The van der Waals surface area contributed by atoms with Crippen LogP contribution in [0.4, 0.5) is 13.2 Å². The number of ether oxygens (including phenoxy) is 1. The van der Waals surface area contributed by atoms with Crippen molar-refractivity contribution in [3.05, 3.63) is 89.3 Å². The van der Waals surface area contributed by atoms with Gasteiger partial charge < -0.3 is 9.26 Å². The van der Waals surface area contributed by atoms with E-state index in [0.29, 0.717) is 17.7 Å². The van der Waals surface area contributed by atoms with Crippen LogP contribution in [0.15, 0.2) is 65.4 Å². The Morgan fingerprint density at radius 3 is 2.44 bits per heavy atom. The van der Waals surface area contributed by atoms with E-state index in [-0.39, 0.29) is 23.8 Å². The normalized spacial score (nSPS) is 11.5. The fourth-order valence-corrected chi connectivity index (χ4v) is 2.85. The third-order valence-electron chi connectivity index (χ3n) is 4.38. The van der Waals surface area contributed by atoms with Gasteiger partial charge in [-0.15, -0.1) is 0 Å². The molecule has 0 aliphatic rings. The molecule has 2 aromatic heterocycles. The zero-order chi connectivity index (χ0) is 22.7. The second-order valence-electron chi connectivity index (χ2n) is 6.75. The molecule has 7 nitrogen and oxygen atoms in total. The maximum absolute atomic E-state index is 13.0. The second kappa shape index (κ2) is 8.83. The molecule has 0 aliphatic heterocycles. The fraction of sp³-hybridized carbons (Fsp3) is 0.143. The highest BCUT2D eigenvalue weighted by Crippen LogP contribution is 2.32. The Kier molecular flexibility index (Phi) is 5.95. The number of hydrogen-bond acceptors (Lipinski definition) is 6. The molecule has 164 valence electrons. The van der Waals surface area contributed by atoms with Crippen molar-refractivity contribution in [3.63, 3.8) is 0 Å². The Hall–Kier alpha value is -3.66. The van der Waals surface area contributed by atoms with Crippen LogP contribution in [0.2, 0.25) is 0 Å². The zero-order valence-electron chi connectivity index (χ0n) is 16.2.